The van der Waals surface area contributed by atoms with Crippen molar-refractivity contribution in [2.45, 2.75) is 32.0 Å². The normalized spacial score (nSPS) is 18.1. The topological polar surface area (TPSA) is 74.8 Å². The van der Waals surface area contributed by atoms with E-state index in [1.165, 1.54) is 5.56 Å². The predicted molar refractivity (Wildman–Crippen MR) is 127 cm³/mol. The van der Waals surface area contributed by atoms with Gasteiger partial charge in [0.05, 0.1) is 6.21 Å². The smallest absolute Gasteiger partial charge is 0.258 e. The first-order valence-electron chi connectivity index (χ1n) is 10.5. The maximum Gasteiger partial charge on any atom is 0.258 e. The fraction of sp³-hybridized carbons (Fsp3) is 0.200. The summed E-state index contributed by atoms with van der Waals surface area (Å²) < 4.78 is 5.84. The van der Waals surface area contributed by atoms with Gasteiger partial charge >= 0.3 is 0 Å². The lowest BCUT2D eigenvalue weighted by Gasteiger charge is -2.12. The molecule has 2 atom stereocenters. The van der Waals surface area contributed by atoms with Crippen molar-refractivity contribution in [3.05, 3.63) is 100 Å². The monoisotopic (exact) mass is 448 g/mol. The minimum Gasteiger partial charge on any atom is -0.489 e. The fourth-order valence-electron chi connectivity index (χ4n) is 3.42. The minimum atomic E-state index is -0.369. The van der Waals surface area contributed by atoms with Crippen molar-refractivity contribution < 1.29 is 9.53 Å². The number of hydrogen-bond donors (Lipinski definition) is 3. The molecule has 0 aliphatic carbocycles. The zero-order chi connectivity index (χ0) is 22.3. The van der Waals surface area contributed by atoms with E-state index in [1.807, 2.05) is 79.7 Å². The summed E-state index contributed by atoms with van der Waals surface area (Å²) in [5, 5.41) is 4.75. The van der Waals surface area contributed by atoms with Crippen LogP contribution in [0.25, 0.3) is 0 Å². The van der Waals surface area contributed by atoms with E-state index in [9.17, 15) is 4.79 Å². The summed E-state index contributed by atoms with van der Waals surface area (Å²) in [5.41, 5.74) is 13.0. The van der Waals surface area contributed by atoms with E-state index in [0.29, 0.717) is 18.1 Å². The number of hydrazine groups is 1. The van der Waals surface area contributed by atoms with E-state index in [0.717, 1.165) is 22.4 Å². The van der Waals surface area contributed by atoms with Crippen molar-refractivity contribution in [2.24, 2.45) is 5.10 Å². The number of hydrogen-bond acceptors (Lipinski definition) is 5. The largest absolute Gasteiger partial charge is 0.489 e. The summed E-state index contributed by atoms with van der Waals surface area (Å²) in [4.78, 5) is 12.4. The van der Waals surface area contributed by atoms with E-state index in [-0.39, 0.29) is 18.0 Å². The summed E-state index contributed by atoms with van der Waals surface area (Å²) in [5.74, 6) is 0.586. The van der Waals surface area contributed by atoms with Crippen LogP contribution in [0.2, 0.25) is 5.02 Å². The lowest BCUT2D eigenvalue weighted by atomic mass is 10.0. The Hall–Kier alpha value is -3.19. The molecule has 1 aliphatic heterocycles. The Morgan fingerprint density at radius 3 is 2.59 bits per heavy atom. The van der Waals surface area contributed by atoms with Crippen LogP contribution in [0.3, 0.4) is 0 Å². The standard InChI is InChI=1S/C25H25ClN4O2/c1-17-6-8-18(9-7-17)15-27-30-25(31)24-14-23(28-29-24)19-10-12-21(13-11-19)32-16-20-4-2-3-5-22(20)26/h2-13,15,23-24,28-29H,14,16H2,1H3,(H,30,31)/b27-15+. The first-order valence-corrected chi connectivity index (χ1v) is 10.8. The van der Waals surface area contributed by atoms with E-state index in [2.05, 4.69) is 21.4 Å². The number of nitrogens with zero attached hydrogens (tertiary/aromatic N) is 1. The highest BCUT2D eigenvalue weighted by Gasteiger charge is 2.30. The van der Waals surface area contributed by atoms with Crippen LogP contribution in [-0.4, -0.2) is 18.2 Å². The second-order valence-electron chi connectivity index (χ2n) is 7.72. The Balaban J connectivity index is 1.26. The Morgan fingerprint density at radius 2 is 1.84 bits per heavy atom. The molecule has 32 heavy (non-hydrogen) atoms. The fourth-order valence-corrected chi connectivity index (χ4v) is 3.61. The third kappa shape index (κ3) is 5.73. The molecule has 6 nitrogen and oxygen atoms in total. The van der Waals surface area contributed by atoms with Crippen molar-refractivity contribution in [1.29, 1.82) is 0 Å². The Kier molecular flexibility index (Phi) is 7.17. The van der Waals surface area contributed by atoms with E-state index in [1.54, 1.807) is 6.21 Å². The summed E-state index contributed by atoms with van der Waals surface area (Å²) in [6, 6.07) is 23.0. The van der Waals surface area contributed by atoms with Crippen LogP contribution < -0.4 is 21.0 Å². The number of nitrogens with one attached hydrogen (secondary N) is 3. The van der Waals surface area contributed by atoms with Gasteiger partial charge in [-0.1, -0.05) is 71.8 Å². The molecule has 3 N–H and O–H groups in total. The highest BCUT2D eigenvalue weighted by atomic mass is 35.5. The molecule has 1 fully saturated rings. The molecular weight excluding hydrogens is 424 g/mol. The molecule has 1 heterocycles. The van der Waals surface area contributed by atoms with Crippen LogP contribution in [0.4, 0.5) is 0 Å². The third-order valence-electron chi connectivity index (χ3n) is 5.32. The van der Waals surface area contributed by atoms with Gasteiger partial charge in [-0.3, -0.25) is 4.79 Å². The van der Waals surface area contributed by atoms with Crippen LogP contribution in [0, 0.1) is 6.92 Å². The highest BCUT2D eigenvalue weighted by molar-refractivity contribution is 6.31. The second kappa shape index (κ2) is 10.4. The van der Waals surface area contributed by atoms with Crippen LogP contribution in [0.1, 0.15) is 34.7 Å². The maximum absolute atomic E-state index is 12.4. The SMILES string of the molecule is Cc1ccc(/C=N/NC(=O)C2CC(c3ccc(OCc4ccccc4Cl)cc3)NN2)cc1. The number of benzene rings is 3. The molecule has 1 aliphatic rings. The van der Waals surface area contributed by atoms with Gasteiger partial charge in [0.15, 0.2) is 0 Å². The Labute approximate surface area is 192 Å². The number of ether oxygens (including phenoxy) is 1. The lowest BCUT2D eigenvalue weighted by Crippen LogP contribution is -2.41. The van der Waals surface area contributed by atoms with Crippen molar-refractivity contribution in [1.82, 2.24) is 16.3 Å². The first-order chi connectivity index (χ1) is 15.6. The molecule has 0 saturated carbocycles. The van der Waals surface area contributed by atoms with Gasteiger partial charge in [0.1, 0.15) is 18.4 Å². The summed E-state index contributed by atoms with van der Waals surface area (Å²) in [6.07, 6.45) is 2.25. The first kappa shape index (κ1) is 22.0. The molecule has 164 valence electrons. The predicted octanol–water partition coefficient (Wildman–Crippen LogP) is 4.29. The zero-order valence-electron chi connectivity index (χ0n) is 17.7. The van der Waals surface area contributed by atoms with Gasteiger partial charge in [0.25, 0.3) is 5.91 Å². The number of carbonyl (C=O) groups is 1. The van der Waals surface area contributed by atoms with E-state index in [4.69, 9.17) is 16.3 Å². The van der Waals surface area contributed by atoms with E-state index >= 15 is 0 Å². The molecule has 0 radical (unpaired) electrons. The molecule has 7 heteroatoms. The number of carbonyl (C=O) groups excluding carboxylic acids is 1. The molecule has 2 unspecified atom stereocenters. The van der Waals surface area contributed by atoms with Crippen molar-refractivity contribution in [3.63, 3.8) is 0 Å². The highest BCUT2D eigenvalue weighted by Crippen LogP contribution is 2.25. The lowest BCUT2D eigenvalue weighted by molar-refractivity contribution is -0.122. The van der Waals surface area contributed by atoms with Crippen molar-refractivity contribution in [3.8, 4) is 5.75 Å². The van der Waals surface area contributed by atoms with Gasteiger partial charge in [0, 0.05) is 16.6 Å². The number of rotatable bonds is 7. The van der Waals surface area contributed by atoms with Crippen LogP contribution in [0.5, 0.6) is 5.75 Å². The summed E-state index contributed by atoms with van der Waals surface area (Å²) >= 11 is 6.17. The van der Waals surface area contributed by atoms with Gasteiger partial charge in [0.2, 0.25) is 0 Å². The third-order valence-corrected chi connectivity index (χ3v) is 5.69. The number of aryl methyl sites for hydroxylation is 1. The molecule has 4 rings (SSSR count). The molecule has 0 bridgehead atoms. The Bertz CT molecular complexity index is 1080. The number of halogens is 1. The minimum absolute atomic E-state index is 0.0180. The summed E-state index contributed by atoms with van der Waals surface area (Å²) in [7, 11) is 0. The van der Waals surface area contributed by atoms with Gasteiger partial charge in [-0.2, -0.15) is 5.10 Å². The number of hydrazone groups is 1. The van der Waals surface area contributed by atoms with Gasteiger partial charge in [-0.25, -0.2) is 16.3 Å². The van der Waals surface area contributed by atoms with Crippen molar-refractivity contribution >= 4 is 23.7 Å². The Morgan fingerprint density at radius 1 is 1.09 bits per heavy atom. The maximum atomic E-state index is 12.4. The molecule has 1 saturated heterocycles. The molecule has 0 spiro atoms. The van der Waals surface area contributed by atoms with Gasteiger partial charge < -0.3 is 4.74 Å². The van der Waals surface area contributed by atoms with Crippen LogP contribution in [0.15, 0.2) is 77.9 Å². The number of amides is 1. The molecule has 1 amide bonds. The molecule has 3 aromatic carbocycles. The second-order valence-corrected chi connectivity index (χ2v) is 8.13. The van der Waals surface area contributed by atoms with Crippen molar-refractivity contribution in [2.75, 3.05) is 0 Å². The quantitative estimate of drug-likeness (QED) is 0.372. The average Bonchev–Trinajstić information content (AvgIpc) is 3.31. The summed E-state index contributed by atoms with van der Waals surface area (Å²) in [6.45, 7) is 2.44. The van der Waals surface area contributed by atoms with Gasteiger partial charge in [-0.15, -0.1) is 0 Å². The zero-order valence-corrected chi connectivity index (χ0v) is 18.5. The van der Waals surface area contributed by atoms with Crippen LogP contribution in [-0.2, 0) is 11.4 Å². The van der Waals surface area contributed by atoms with E-state index < -0.39 is 0 Å². The van der Waals surface area contributed by atoms with Crippen LogP contribution >= 0.6 is 11.6 Å². The molecule has 3 aromatic rings. The van der Waals surface area contributed by atoms with Gasteiger partial charge in [-0.05, 0) is 42.7 Å². The molecular formula is C25H25ClN4O2. The average molecular weight is 449 g/mol. The molecule has 0 aromatic heterocycles.